The molecule has 0 fully saturated rings. The summed E-state index contributed by atoms with van der Waals surface area (Å²) < 4.78 is 18.1. The van der Waals surface area contributed by atoms with Gasteiger partial charge in [0.2, 0.25) is 0 Å². The van der Waals surface area contributed by atoms with Crippen molar-refractivity contribution in [3.63, 3.8) is 0 Å². The van der Waals surface area contributed by atoms with Crippen molar-refractivity contribution in [3.8, 4) is 11.5 Å². The summed E-state index contributed by atoms with van der Waals surface area (Å²) in [4.78, 5) is 12.4. The van der Waals surface area contributed by atoms with Crippen LogP contribution in [-0.2, 0) is 14.6 Å². The van der Waals surface area contributed by atoms with Gasteiger partial charge in [0.15, 0.2) is 14.1 Å². The summed E-state index contributed by atoms with van der Waals surface area (Å²) in [6.45, 7) is 25.8. The summed E-state index contributed by atoms with van der Waals surface area (Å²) in [7, 11) is -1.92. The number of rotatable bonds is 13. The molecule has 2 aromatic rings. The summed E-state index contributed by atoms with van der Waals surface area (Å²) in [6.07, 6.45) is 1.20. The first kappa shape index (κ1) is 34.1. The quantitative estimate of drug-likeness (QED) is 0.246. The lowest BCUT2D eigenvalue weighted by Crippen LogP contribution is -2.43. The number of hydrogen-bond donors (Lipinski definition) is 1. The van der Waals surface area contributed by atoms with Crippen LogP contribution in [-0.4, -0.2) is 45.1 Å². The number of ketones is 1. The Balaban J connectivity index is 2.18. The van der Waals surface area contributed by atoms with E-state index in [1.807, 2.05) is 39.8 Å². The topological polar surface area (TPSA) is 65.0 Å². The molecule has 0 aliphatic carbocycles. The Kier molecular flexibility index (Phi) is 11.3. The number of aliphatic hydroxyl groups is 1. The number of Topliss-reactive ketones (excluding diaryl/α,β-unsaturated/α-hetero) is 1. The average molecular weight is 571 g/mol. The zero-order valence-electron chi connectivity index (χ0n) is 27.2. The molecular weight excluding hydrogens is 516 g/mol. The average Bonchev–Trinajstić information content (AvgIpc) is 2.86. The van der Waals surface area contributed by atoms with Gasteiger partial charge in [0, 0.05) is 10.8 Å². The van der Waals surface area contributed by atoms with Gasteiger partial charge in [0.25, 0.3) is 0 Å². The third kappa shape index (κ3) is 8.20. The lowest BCUT2D eigenvalue weighted by atomic mass is 9.70. The van der Waals surface area contributed by atoms with E-state index >= 15 is 0 Å². The van der Waals surface area contributed by atoms with Crippen LogP contribution < -0.4 is 9.47 Å². The summed E-state index contributed by atoms with van der Waals surface area (Å²) in [6, 6.07) is 12.7. The van der Waals surface area contributed by atoms with Gasteiger partial charge < -0.3 is 19.0 Å². The molecular formula is C34H54O5Si. The van der Waals surface area contributed by atoms with E-state index in [0.29, 0.717) is 0 Å². The molecule has 2 rings (SSSR count). The van der Waals surface area contributed by atoms with E-state index in [-0.39, 0.29) is 36.1 Å². The van der Waals surface area contributed by atoms with Gasteiger partial charge in [-0.05, 0) is 79.2 Å². The van der Waals surface area contributed by atoms with E-state index in [4.69, 9.17) is 13.9 Å². The molecule has 1 N–H and O–H groups in total. The highest BCUT2D eigenvalue weighted by Gasteiger charge is 2.37. The first-order chi connectivity index (χ1) is 18.4. The second-order valence-corrected chi connectivity index (χ2v) is 18.6. The first-order valence-electron chi connectivity index (χ1n) is 14.7. The Morgan fingerprint density at radius 2 is 1.30 bits per heavy atom. The predicted octanol–water partition coefficient (Wildman–Crippen LogP) is 8.17. The van der Waals surface area contributed by atoms with Crippen LogP contribution in [0.2, 0.25) is 18.1 Å². The maximum atomic E-state index is 12.4. The molecule has 0 saturated carbocycles. The molecule has 5 nitrogen and oxygen atoms in total. The number of aliphatic hydroxyl groups excluding tert-OH is 1. The SMILES string of the molecule is CCC(CC)(c1ccc(OCC(=O)C(C)(C)C)c(C)c1)c1ccc(OCC(O)CO[Si](C)(C)C(C)(C)C)c(C)c1. The standard InChI is InChI=1S/C34H54O5Si/c1-13-34(14-2,27-16-18-30(25(4)20-27)38-23-31(36)32(5,6)7)26-15-17-29(24(3)19-26)37-21-28(35)22-39-40(11,12)33(8,9)10/h15-20,28,35H,13-14,21-23H2,1-12H3. The highest BCUT2D eigenvalue weighted by atomic mass is 28.4. The maximum absolute atomic E-state index is 12.4. The van der Waals surface area contributed by atoms with Crippen molar-refractivity contribution in [2.75, 3.05) is 19.8 Å². The van der Waals surface area contributed by atoms with Crippen molar-refractivity contribution >= 4 is 14.1 Å². The van der Waals surface area contributed by atoms with E-state index in [1.54, 1.807) is 0 Å². The minimum absolute atomic E-state index is 0.0775. The van der Waals surface area contributed by atoms with Crippen LogP contribution in [0.15, 0.2) is 36.4 Å². The zero-order valence-corrected chi connectivity index (χ0v) is 28.2. The summed E-state index contributed by atoms with van der Waals surface area (Å²) >= 11 is 0. The molecule has 1 unspecified atom stereocenters. The molecule has 0 aliphatic heterocycles. The summed E-state index contributed by atoms with van der Waals surface area (Å²) in [5.74, 6) is 1.61. The maximum Gasteiger partial charge on any atom is 0.192 e. The fourth-order valence-electron chi connectivity index (χ4n) is 4.57. The van der Waals surface area contributed by atoms with Crippen molar-refractivity contribution < 1.29 is 23.8 Å². The molecule has 6 heteroatoms. The van der Waals surface area contributed by atoms with Crippen molar-refractivity contribution in [1.82, 2.24) is 0 Å². The second-order valence-electron chi connectivity index (χ2n) is 13.7. The van der Waals surface area contributed by atoms with Gasteiger partial charge in [0.05, 0.1) is 6.61 Å². The third-order valence-electron chi connectivity index (χ3n) is 8.73. The van der Waals surface area contributed by atoms with E-state index in [0.717, 1.165) is 35.5 Å². The minimum Gasteiger partial charge on any atom is -0.491 e. The second kappa shape index (κ2) is 13.2. The van der Waals surface area contributed by atoms with E-state index in [1.165, 1.54) is 11.1 Å². The molecule has 0 saturated heterocycles. The summed E-state index contributed by atoms with van der Waals surface area (Å²) in [5, 5.41) is 10.6. The van der Waals surface area contributed by atoms with Gasteiger partial charge in [-0.2, -0.15) is 0 Å². The molecule has 0 bridgehead atoms. The van der Waals surface area contributed by atoms with Crippen LogP contribution >= 0.6 is 0 Å². The smallest absolute Gasteiger partial charge is 0.192 e. The van der Waals surface area contributed by atoms with Crippen molar-refractivity contribution in [3.05, 3.63) is 58.7 Å². The van der Waals surface area contributed by atoms with Gasteiger partial charge in [-0.1, -0.05) is 79.7 Å². The van der Waals surface area contributed by atoms with Gasteiger partial charge >= 0.3 is 0 Å². The number of carbonyl (C=O) groups is 1. The predicted molar refractivity (Wildman–Crippen MR) is 168 cm³/mol. The molecule has 2 aromatic carbocycles. The summed E-state index contributed by atoms with van der Waals surface area (Å²) in [5.41, 5.74) is 3.95. The number of benzene rings is 2. The van der Waals surface area contributed by atoms with Crippen LogP contribution in [0.3, 0.4) is 0 Å². The van der Waals surface area contributed by atoms with Crippen LogP contribution in [0.4, 0.5) is 0 Å². The third-order valence-corrected chi connectivity index (χ3v) is 13.2. The van der Waals surface area contributed by atoms with Gasteiger partial charge in [-0.25, -0.2) is 0 Å². The Morgan fingerprint density at radius 1 is 0.825 bits per heavy atom. The minimum atomic E-state index is -1.92. The molecule has 40 heavy (non-hydrogen) atoms. The lowest BCUT2D eigenvalue weighted by molar-refractivity contribution is -0.128. The first-order valence-corrected chi connectivity index (χ1v) is 17.6. The Morgan fingerprint density at radius 3 is 1.70 bits per heavy atom. The lowest BCUT2D eigenvalue weighted by Gasteiger charge is -2.36. The normalized spacial score (nSPS) is 13.7. The fraction of sp³-hybridized carbons (Fsp3) is 0.618. The molecule has 1 atom stereocenters. The number of carbonyl (C=O) groups excluding carboxylic acids is 1. The van der Waals surface area contributed by atoms with Crippen LogP contribution in [0.25, 0.3) is 0 Å². The zero-order chi connectivity index (χ0) is 30.5. The van der Waals surface area contributed by atoms with E-state index in [2.05, 4.69) is 78.9 Å². The van der Waals surface area contributed by atoms with E-state index < -0.39 is 19.8 Å². The van der Waals surface area contributed by atoms with Crippen LogP contribution in [0.5, 0.6) is 11.5 Å². The monoisotopic (exact) mass is 570 g/mol. The van der Waals surface area contributed by atoms with Gasteiger partial charge in [0.1, 0.15) is 30.8 Å². The highest BCUT2D eigenvalue weighted by Crippen LogP contribution is 2.42. The van der Waals surface area contributed by atoms with Crippen LogP contribution in [0.1, 0.15) is 90.5 Å². The molecule has 0 aromatic heterocycles. The Labute approximate surface area is 244 Å². The molecule has 0 heterocycles. The molecule has 0 aliphatic rings. The number of aryl methyl sites for hydroxylation is 2. The largest absolute Gasteiger partial charge is 0.491 e. The molecule has 224 valence electrons. The number of ether oxygens (including phenoxy) is 2. The van der Waals surface area contributed by atoms with Crippen LogP contribution in [0, 0.1) is 19.3 Å². The Hall–Kier alpha value is -2.15. The van der Waals surface area contributed by atoms with Gasteiger partial charge in [-0.15, -0.1) is 0 Å². The molecule has 0 radical (unpaired) electrons. The fourth-order valence-corrected chi connectivity index (χ4v) is 5.61. The van der Waals surface area contributed by atoms with Crippen molar-refractivity contribution in [1.29, 1.82) is 0 Å². The van der Waals surface area contributed by atoms with Crippen molar-refractivity contribution in [2.45, 2.75) is 112 Å². The highest BCUT2D eigenvalue weighted by molar-refractivity contribution is 6.74. The molecule has 0 spiro atoms. The molecule has 0 amide bonds. The van der Waals surface area contributed by atoms with Crippen molar-refractivity contribution in [2.24, 2.45) is 5.41 Å². The van der Waals surface area contributed by atoms with Gasteiger partial charge in [-0.3, -0.25) is 4.79 Å². The van der Waals surface area contributed by atoms with E-state index in [9.17, 15) is 9.90 Å². The Bertz CT molecular complexity index is 1140. The number of hydrogen-bond acceptors (Lipinski definition) is 5.